The molecule has 1 rings (SSSR count). The minimum atomic E-state index is -5.07. The van der Waals surface area contributed by atoms with E-state index in [4.69, 9.17) is 5.73 Å². The molecule has 0 aliphatic rings. The lowest BCUT2D eigenvalue weighted by atomic mass is 10.0. The average molecular weight is 284 g/mol. The fourth-order valence-corrected chi connectivity index (χ4v) is 1.45. The predicted molar refractivity (Wildman–Crippen MR) is 54.3 cm³/mol. The molecular formula is C10H9F5N2O2. The highest BCUT2D eigenvalue weighted by atomic mass is 19.4. The molecule has 0 aromatic carbocycles. The van der Waals surface area contributed by atoms with Crippen molar-refractivity contribution in [3.05, 3.63) is 23.0 Å². The summed E-state index contributed by atoms with van der Waals surface area (Å²) in [5, 5.41) is 0. The Labute approximate surface area is 104 Å². The maximum Gasteiger partial charge on any atom is 0.433 e. The van der Waals surface area contributed by atoms with E-state index in [9.17, 15) is 26.7 Å². The van der Waals surface area contributed by atoms with Crippen LogP contribution in [0.4, 0.5) is 27.6 Å². The number of anilines is 1. The maximum absolute atomic E-state index is 12.8. The van der Waals surface area contributed by atoms with Crippen LogP contribution in [0.5, 0.6) is 0 Å². The van der Waals surface area contributed by atoms with Gasteiger partial charge >= 0.3 is 12.1 Å². The number of aromatic nitrogens is 1. The van der Waals surface area contributed by atoms with Gasteiger partial charge in [-0.3, -0.25) is 4.79 Å². The number of methoxy groups -OCH3 is 1. The Balaban J connectivity index is 3.46. The molecule has 0 spiro atoms. The van der Waals surface area contributed by atoms with Gasteiger partial charge in [0.2, 0.25) is 0 Å². The first kappa shape index (κ1) is 15.1. The van der Waals surface area contributed by atoms with Gasteiger partial charge in [0.1, 0.15) is 0 Å². The number of hydrogen-bond acceptors (Lipinski definition) is 4. The van der Waals surface area contributed by atoms with Crippen LogP contribution in [0.3, 0.4) is 0 Å². The molecule has 19 heavy (non-hydrogen) atoms. The van der Waals surface area contributed by atoms with E-state index in [2.05, 4.69) is 9.72 Å². The Kier molecular flexibility index (Phi) is 4.28. The smallest absolute Gasteiger partial charge is 0.433 e. The predicted octanol–water partition coefficient (Wildman–Crippen LogP) is 2.34. The minimum absolute atomic E-state index is 0.423. The Bertz CT molecular complexity index is 488. The van der Waals surface area contributed by atoms with Crippen LogP contribution in [0.1, 0.15) is 23.2 Å². The van der Waals surface area contributed by atoms with Gasteiger partial charge in [-0.05, 0) is 5.56 Å². The summed E-state index contributed by atoms with van der Waals surface area (Å²) in [4.78, 5) is 13.9. The van der Waals surface area contributed by atoms with Gasteiger partial charge in [-0.2, -0.15) is 13.2 Å². The second-order valence-corrected chi connectivity index (χ2v) is 3.51. The first-order valence-electron chi connectivity index (χ1n) is 4.87. The number of nitrogens with two attached hydrogens (primary N) is 1. The number of pyridine rings is 1. The molecule has 2 N–H and O–H groups in total. The van der Waals surface area contributed by atoms with E-state index in [1.807, 2.05) is 0 Å². The van der Waals surface area contributed by atoms with Crippen LogP contribution in [0, 0.1) is 0 Å². The normalized spacial score (nSPS) is 11.7. The number of nitrogen functional groups attached to an aromatic ring is 1. The molecule has 0 saturated heterocycles. The molecular weight excluding hydrogens is 275 g/mol. The number of rotatable bonds is 3. The third-order valence-corrected chi connectivity index (χ3v) is 2.30. The number of ether oxygens (including phenoxy) is 1. The van der Waals surface area contributed by atoms with Crippen molar-refractivity contribution in [2.75, 3.05) is 12.8 Å². The molecule has 0 radical (unpaired) electrons. The van der Waals surface area contributed by atoms with E-state index in [1.54, 1.807) is 0 Å². The highest BCUT2D eigenvalue weighted by molar-refractivity contribution is 5.75. The molecule has 0 fully saturated rings. The zero-order chi connectivity index (χ0) is 14.8. The van der Waals surface area contributed by atoms with Crippen LogP contribution in [-0.4, -0.2) is 18.1 Å². The molecule has 1 aromatic rings. The van der Waals surface area contributed by atoms with Gasteiger partial charge in [-0.15, -0.1) is 0 Å². The van der Waals surface area contributed by atoms with Gasteiger partial charge < -0.3 is 10.5 Å². The van der Waals surface area contributed by atoms with E-state index >= 15 is 0 Å². The summed E-state index contributed by atoms with van der Waals surface area (Å²) in [7, 11) is 0.979. The van der Waals surface area contributed by atoms with E-state index in [0.717, 1.165) is 7.11 Å². The van der Waals surface area contributed by atoms with Crippen molar-refractivity contribution in [1.82, 2.24) is 4.98 Å². The topological polar surface area (TPSA) is 65.2 Å². The van der Waals surface area contributed by atoms with Crippen molar-refractivity contribution in [3.8, 4) is 0 Å². The number of esters is 1. The number of carbonyl (C=O) groups is 1. The summed E-state index contributed by atoms with van der Waals surface area (Å²) in [5.41, 5.74) is 1.11. The van der Waals surface area contributed by atoms with Gasteiger partial charge in [0.15, 0.2) is 5.69 Å². The standard InChI is InChI=1S/C10H9F5N2O2/c1-19-6(18)2-4-5(16)3-17-8(10(13,14)15)7(4)9(11)12/h3,9H,2,16H2,1H3. The molecule has 0 atom stereocenters. The first-order valence-corrected chi connectivity index (χ1v) is 4.87. The fraction of sp³-hybridized carbons (Fsp3) is 0.400. The van der Waals surface area contributed by atoms with Gasteiger partial charge in [0, 0.05) is 0 Å². The summed E-state index contributed by atoms with van der Waals surface area (Å²) in [5.74, 6) is -0.979. The molecule has 0 saturated carbocycles. The minimum Gasteiger partial charge on any atom is -0.469 e. The van der Waals surface area contributed by atoms with Gasteiger partial charge in [-0.1, -0.05) is 0 Å². The van der Waals surface area contributed by atoms with Gasteiger partial charge in [0.05, 0.1) is 31.0 Å². The molecule has 0 bridgehead atoms. The fourth-order valence-electron chi connectivity index (χ4n) is 1.45. The van der Waals surface area contributed by atoms with Crippen LogP contribution in [0.15, 0.2) is 6.20 Å². The molecule has 1 aromatic heterocycles. The lowest BCUT2D eigenvalue weighted by Gasteiger charge is -2.16. The number of alkyl halides is 5. The maximum atomic E-state index is 12.8. The monoisotopic (exact) mass is 284 g/mol. The highest BCUT2D eigenvalue weighted by Crippen LogP contribution is 2.38. The quantitative estimate of drug-likeness (QED) is 0.683. The van der Waals surface area contributed by atoms with Crippen LogP contribution in [0.25, 0.3) is 0 Å². The summed E-state index contributed by atoms with van der Waals surface area (Å²) in [6.07, 6.45) is -8.72. The van der Waals surface area contributed by atoms with E-state index in [0.29, 0.717) is 6.20 Å². The average Bonchev–Trinajstić information content (AvgIpc) is 2.29. The SMILES string of the molecule is COC(=O)Cc1c(N)cnc(C(F)(F)F)c1C(F)F. The Morgan fingerprint density at radius 2 is 2.05 bits per heavy atom. The third-order valence-electron chi connectivity index (χ3n) is 2.30. The zero-order valence-corrected chi connectivity index (χ0v) is 9.59. The summed E-state index contributed by atoms with van der Waals surface area (Å²) in [6, 6.07) is 0. The summed E-state index contributed by atoms with van der Waals surface area (Å²) >= 11 is 0. The molecule has 1 heterocycles. The molecule has 0 aliphatic heterocycles. The molecule has 0 aliphatic carbocycles. The van der Waals surface area contributed by atoms with Crippen LogP contribution in [-0.2, 0) is 22.1 Å². The van der Waals surface area contributed by atoms with Crippen molar-refractivity contribution in [3.63, 3.8) is 0 Å². The second-order valence-electron chi connectivity index (χ2n) is 3.51. The number of hydrogen-bond donors (Lipinski definition) is 1. The second kappa shape index (κ2) is 5.37. The van der Waals surface area contributed by atoms with Crippen molar-refractivity contribution < 1.29 is 31.5 Å². The molecule has 4 nitrogen and oxygen atoms in total. The van der Waals surface area contributed by atoms with Crippen LogP contribution >= 0.6 is 0 Å². The Hall–Kier alpha value is -1.93. The van der Waals surface area contributed by atoms with Crippen LogP contribution in [0.2, 0.25) is 0 Å². The van der Waals surface area contributed by atoms with Crippen molar-refractivity contribution in [1.29, 1.82) is 0 Å². The largest absolute Gasteiger partial charge is 0.469 e. The van der Waals surface area contributed by atoms with Crippen LogP contribution < -0.4 is 5.73 Å². The Morgan fingerprint density at radius 1 is 1.47 bits per heavy atom. The van der Waals surface area contributed by atoms with Crippen molar-refractivity contribution in [2.45, 2.75) is 19.0 Å². The molecule has 0 unspecified atom stereocenters. The molecule has 106 valence electrons. The number of halogens is 5. The van der Waals surface area contributed by atoms with Crippen molar-refractivity contribution >= 4 is 11.7 Å². The molecule has 9 heteroatoms. The Morgan fingerprint density at radius 3 is 2.47 bits per heavy atom. The number of carbonyl (C=O) groups excluding carboxylic acids is 1. The summed E-state index contributed by atoms with van der Waals surface area (Å²) in [6.45, 7) is 0. The highest BCUT2D eigenvalue weighted by Gasteiger charge is 2.39. The van der Waals surface area contributed by atoms with E-state index < -0.39 is 47.5 Å². The van der Waals surface area contributed by atoms with E-state index in [1.165, 1.54) is 0 Å². The van der Waals surface area contributed by atoms with Crippen molar-refractivity contribution in [2.24, 2.45) is 0 Å². The lowest BCUT2D eigenvalue weighted by Crippen LogP contribution is -2.18. The summed E-state index contributed by atoms with van der Waals surface area (Å²) < 4.78 is 67.6. The van der Waals surface area contributed by atoms with E-state index in [-0.39, 0.29) is 0 Å². The number of nitrogens with zero attached hydrogens (tertiary/aromatic N) is 1. The third kappa shape index (κ3) is 3.30. The molecule has 0 amide bonds. The zero-order valence-electron chi connectivity index (χ0n) is 9.59. The lowest BCUT2D eigenvalue weighted by molar-refractivity contribution is -0.144. The van der Waals surface area contributed by atoms with Gasteiger partial charge in [-0.25, -0.2) is 13.8 Å². The van der Waals surface area contributed by atoms with Gasteiger partial charge in [0.25, 0.3) is 6.43 Å². The first-order chi connectivity index (χ1) is 8.68.